The van der Waals surface area contributed by atoms with Crippen molar-refractivity contribution in [2.45, 2.75) is 26.3 Å². The van der Waals surface area contributed by atoms with Crippen molar-refractivity contribution in [2.24, 2.45) is 0 Å². The number of ether oxygens (including phenoxy) is 2. The smallest absolute Gasteiger partial charge is 0.296 e. The van der Waals surface area contributed by atoms with Gasteiger partial charge in [-0.15, -0.1) is 0 Å². The average Bonchev–Trinajstić information content (AvgIpc) is 3.16. The van der Waals surface area contributed by atoms with Crippen LogP contribution in [0.2, 0.25) is 5.02 Å². The fourth-order valence-electron chi connectivity index (χ4n) is 4.28. The Morgan fingerprint density at radius 1 is 1.03 bits per heavy atom. The monoisotopic (exact) mass is 490 g/mol. The number of halogens is 1. The maximum absolute atomic E-state index is 13.7. The van der Waals surface area contributed by atoms with Crippen molar-refractivity contribution in [3.8, 4) is 11.5 Å². The van der Waals surface area contributed by atoms with Crippen LogP contribution >= 0.6 is 11.6 Å². The van der Waals surface area contributed by atoms with Crippen molar-refractivity contribution in [1.82, 2.24) is 4.98 Å². The van der Waals surface area contributed by atoms with Gasteiger partial charge in [0, 0.05) is 6.20 Å². The lowest BCUT2D eigenvalue weighted by Crippen LogP contribution is -2.30. The van der Waals surface area contributed by atoms with Crippen LogP contribution in [-0.2, 0) is 0 Å². The molecule has 35 heavy (non-hydrogen) atoms. The summed E-state index contributed by atoms with van der Waals surface area (Å²) >= 11 is 6.04. The van der Waals surface area contributed by atoms with Crippen LogP contribution in [0.15, 0.2) is 70.0 Å². The first-order chi connectivity index (χ1) is 17.0. The van der Waals surface area contributed by atoms with Crippen LogP contribution in [0, 0.1) is 0 Å². The normalized spacial score (nSPS) is 14.9. The molecule has 1 aliphatic heterocycles. The number of hydrogen-bond donors (Lipinski definition) is 0. The van der Waals surface area contributed by atoms with Gasteiger partial charge in [0.1, 0.15) is 11.4 Å². The van der Waals surface area contributed by atoms with E-state index in [1.54, 1.807) is 48.5 Å². The van der Waals surface area contributed by atoms with E-state index in [2.05, 4.69) is 4.98 Å². The van der Waals surface area contributed by atoms with E-state index in [1.165, 1.54) is 11.1 Å². The Bertz CT molecular complexity index is 1470. The lowest BCUT2D eigenvalue weighted by atomic mass is 9.98. The molecule has 0 saturated heterocycles. The summed E-state index contributed by atoms with van der Waals surface area (Å²) in [5, 5.41) is 0.841. The molecule has 0 radical (unpaired) electrons. The van der Waals surface area contributed by atoms with Crippen LogP contribution in [0.3, 0.4) is 0 Å². The number of aromatic nitrogens is 1. The van der Waals surface area contributed by atoms with E-state index in [0.717, 1.165) is 6.42 Å². The fraction of sp³-hybridized carbons (Fsp3) is 0.222. The highest BCUT2D eigenvalue weighted by Gasteiger charge is 2.44. The first-order valence-corrected chi connectivity index (χ1v) is 11.8. The molecular formula is C27H23ClN2O5. The summed E-state index contributed by atoms with van der Waals surface area (Å²) in [7, 11) is 0. The molecule has 3 heterocycles. The van der Waals surface area contributed by atoms with Gasteiger partial charge in [-0.1, -0.05) is 36.7 Å². The minimum atomic E-state index is -0.772. The van der Waals surface area contributed by atoms with E-state index >= 15 is 0 Å². The van der Waals surface area contributed by atoms with Gasteiger partial charge in [-0.3, -0.25) is 14.5 Å². The predicted molar refractivity (Wildman–Crippen MR) is 134 cm³/mol. The van der Waals surface area contributed by atoms with Crippen LogP contribution < -0.4 is 19.8 Å². The molecule has 0 spiro atoms. The molecule has 0 aliphatic carbocycles. The number of nitrogens with zero attached hydrogens (tertiary/aromatic N) is 2. The molecule has 4 aromatic rings. The van der Waals surface area contributed by atoms with E-state index in [1.807, 2.05) is 19.9 Å². The van der Waals surface area contributed by atoms with Gasteiger partial charge in [0.05, 0.1) is 35.2 Å². The van der Waals surface area contributed by atoms with Crippen molar-refractivity contribution < 1.29 is 18.7 Å². The van der Waals surface area contributed by atoms with Crippen molar-refractivity contribution >= 4 is 34.3 Å². The molecule has 5 rings (SSSR count). The third kappa shape index (κ3) is 4.02. The van der Waals surface area contributed by atoms with Gasteiger partial charge >= 0.3 is 0 Å². The Balaban J connectivity index is 1.74. The Hall–Kier alpha value is -3.84. The maximum Gasteiger partial charge on any atom is 0.296 e. The minimum absolute atomic E-state index is 0.000260. The molecule has 0 unspecified atom stereocenters. The van der Waals surface area contributed by atoms with E-state index in [9.17, 15) is 9.59 Å². The minimum Gasteiger partial charge on any atom is -0.490 e. The van der Waals surface area contributed by atoms with Gasteiger partial charge in [-0.05, 0) is 55.3 Å². The van der Waals surface area contributed by atoms with Gasteiger partial charge in [-0.25, -0.2) is 4.98 Å². The SMILES string of the molecule is CCCOc1ccc([C@H]2c3c(oc4ccccc4c3=O)C(=O)N2c2ccc(Cl)cn2)cc1OCC. The summed E-state index contributed by atoms with van der Waals surface area (Å²) in [5.41, 5.74) is 1.02. The number of pyridine rings is 1. The molecule has 0 fully saturated rings. The van der Waals surface area contributed by atoms with Gasteiger partial charge in [0.2, 0.25) is 5.76 Å². The summed E-state index contributed by atoms with van der Waals surface area (Å²) in [6.07, 6.45) is 2.31. The predicted octanol–water partition coefficient (Wildman–Crippen LogP) is 5.78. The molecule has 7 nitrogen and oxygen atoms in total. The largest absolute Gasteiger partial charge is 0.490 e. The van der Waals surface area contributed by atoms with E-state index in [0.29, 0.717) is 52.1 Å². The van der Waals surface area contributed by atoms with Gasteiger partial charge in [0.15, 0.2) is 16.9 Å². The van der Waals surface area contributed by atoms with Crippen molar-refractivity contribution in [1.29, 1.82) is 0 Å². The topological polar surface area (TPSA) is 81.9 Å². The maximum atomic E-state index is 13.7. The standard InChI is InChI=1S/C27H23ClN2O5/c1-3-13-34-20-11-9-16(14-21(20)33-4-2)24-23-25(31)18-7-5-6-8-19(18)35-26(23)27(32)30(24)22-12-10-17(28)15-29-22/h5-12,14-15,24H,3-4,13H2,1-2H3/t24-/m0/s1. The van der Waals surface area contributed by atoms with Crippen molar-refractivity contribution in [2.75, 3.05) is 18.1 Å². The van der Waals surface area contributed by atoms with Crippen LogP contribution in [0.4, 0.5) is 5.82 Å². The quantitative estimate of drug-likeness (QED) is 0.326. The Morgan fingerprint density at radius 2 is 1.86 bits per heavy atom. The first kappa shape index (κ1) is 22.9. The van der Waals surface area contributed by atoms with E-state index < -0.39 is 11.9 Å². The van der Waals surface area contributed by atoms with Crippen LogP contribution in [0.1, 0.15) is 48.0 Å². The second-order valence-corrected chi connectivity index (χ2v) is 8.51. The lowest BCUT2D eigenvalue weighted by molar-refractivity contribution is 0.0970. The molecule has 2 aromatic carbocycles. The number of carbonyl (C=O) groups is 1. The van der Waals surface area contributed by atoms with Gasteiger partial charge < -0.3 is 13.9 Å². The molecule has 0 saturated carbocycles. The molecular weight excluding hydrogens is 468 g/mol. The van der Waals surface area contributed by atoms with E-state index in [4.69, 9.17) is 25.5 Å². The van der Waals surface area contributed by atoms with Crippen molar-refractivity contribution in [3.63, 3.8) is 0 Å². The second-order valence-electron chi connectivity index (χ2n) is 8.07. The summed E-state index contributed by atoms with van der Waals surface area (Å²) in [6.45, 7) is 4.88. The summed E-state index contributed by atoms with van der Waals surface area (Å²) in [4.78, 5) is 33.1. The summed E-state index contributed by atoms with van der Waals surface area (Å²) in [6, 6.07) is 14.9. The number of carbonyl (C=O) groups excluding carboxylic acids is 1. The first-order valence-electron chi connectivity index (χ1n) is 11.4. The molecule has 178 valence electrons. The molecule has 1 aliphatic rings. The molecule has 8 heteroatoms. The zero-order chi connectivity index (χ0) is 24.5. The molecule has 1 atom stereocenters. The molecule has 0 N–H and O–H groups in total. The van der Waals surface area contributed by atoms with Crippen LogP contribution in [0.25, 0.3) is 11.0 Å². The number of fused-ring (bicyclic) bond motifs is 2. The number of benzene rings is 2. The highest BCUT2D eigenvalue weighted by molar-refractivity contribution is 6.30. The Labute approximate surface area is 206 Å². The van der Waals surface area contributed by atoms with Gasteiger partial charge in [0.25, 0.3) is 5.91 Å². The van der Waals surface area contributed by atoms with Crippen LogP contribution in [-0.4, -0.2) is 24.1 Å². The number of para-hydroxylation sites is 1. The third-order valence-corrected chi connectivity index (χ3v) is 6.00. The fourth-order valence-corrected chi connectivity index (χ4v) is 4.39. The molecule has 0 bridgehead atoms. The lowest BCUT2D eigenvalue weighted by Gasteiger charge is -2.25. The number of anilines is 1. The number of rotatable bonds is 7. The van der Waals surface area contributed by atoms with Crippen LogP contribution in [0.5, 0.6) is 11.5 Å². The Kier molecular flexibility index (Phi) is 6.17. The van der Waals surface area contributed by atoms with Gasteiger partial charge in [-0.2, -0.15) is 0 Å². The van der Waals surface area contributed by atoms with E-state index in [-0.39, 0.29) is 16.8 Å². The second kappa shape index (κ2) is 9.43. The molecule has 2 aromatic heterocycles. The Morgan fingerprint density at radius 3 is 2.60 bits per heavy atom. The average molecular weight is 491 g/mol. The van der Waals surface area contributed by atoms with Crippen molar-refractivity contribution in [3.05, 3.63) is 92.9 Å². The third-order valence-electron chi connectivity index (χ3n) is 5.78. The summed E-state index contributed by atoms with van der Waals surface area (Å²) < 4.78 is 17.7. The number of amides is 1. The molecule has 1 amide bonds. The highest BCUT2D eigenvalue weighted by atomic mass is 35.5. The zero-order valence-electron chi connectivity index (χ0n) is 19.3. The number of hydrogen-bond acceptors (Lipinski definition) is 6. The highest BCUT2D eigenvalue weighted by Crippen LogP contribution is 2.43. The zero-order valence-corrected chi connectivity index (χ0v) is 20.0. The summed E-state index contributed by atoms with van der Waals surface area (Å²) in [5.74, 6) is 1.03.